The van der Waals surface area contributed by atoms with Crippen molar-refractivity contribution in [3.05, 3.63) is 6.35 Å². The van der Waals surface area contributed by atoms with Crippen LogP contribution in [0, 0.1) is 6.35 Å². The number of hydrogen-bond donors (Lipinski definition) is 0. The summed E-state index contributed by atoms with van der Waals surface area (Å²) in [6.45, 7) is 2.89. The summed E-state index contributed by atoms with van der Waals surface area (Å²) >= 11 is 0. The third kappa shape index (κ3) is 15.3. The number of nitrogens with zero attached hydrogens (tertiary/aromatic N) is 3. The van der Waals surface area contributed by atoms with E-state index in [9.17, 15) is 30.0 Å². The van der Waals surface area contributed by atoms with Crippen molar-refractivity contribution in [1.82, 2.24) is 9.80 Å². The van der Waals surface area contributed by atoms with E-state index in [4.69, 9.17) is 9.57 Å². The summed E-state index contributed by atoms with van der Waals surface area (Å²) in [7, 11) is -6.93. The number of hydrogen-bond acceptors (Lipinski definition) is 6. The van der Waals surface area contributed by atoms with Crippen LogP contribution in [0.3, 0.4) is 0 Å². The molecule has 0 saturated carbocycles. The number of morpholine rings is 1. The van der Waals surface area contributed by atoms with Gasteiger partial charge in [-0.05, 0) is 5.16 Å². The van der Waals surface area contributed by atoms with Gasteiger partial charge in [0.15, 0.2) is 6.29 Å². The molecule has 1 fully saturated rings. The van der Waals surface area contributed by atoms with Crippen LogP contribution in [-0.2, 0) is 14.4 Å². The maximum absolute atomic E-state index is 10.7. The van der Waals surface area contributed by atoms with Gasteiger partial charge in [-0.1, -0.05) is 9.80 Å². The second kappa shape index (κ2) is 6.99. The Kier molecular flexibility index (Phi) is 6.64. The van der Waals surface area contributed by atoms with Crippen molar-refractivity contribution in [3.8, 4) is 0 Å². The standard InChI is InChI=1S/C9H16N3O3.F6P/c1-11(2)9(15-10-3-6-13)12-4-7-14-8-5-12;1-7(2,3,4,5)6/h3,6H,4-5,7-8H2,1-2H3;/q+1;-1. The van der Waals surface area contributed by atoms with Gasteiger partial charge in [0.2, 0.25) is 0 Å². The molecule has 0 N–H and O–H groups in total. The summed E-state index contributed by atoms with van der Waals surface area (Å²) in [6.07, 6.45) is 2.27. The van der Waals surface area contributed by atoms with Gasteiger partial charge in [0, 0.05) is 14.1 Å². The molecule has 1 rings (SSSR count). The Morgan fingerprint density at radius 2 is 1.64 bits per heavy atom. The molecule has 0 aromatic heterocycles. The number of halogens is 6. The van der Waals surface area contributed by atoms with Crippen molar-refractivity contribution in [2.75, 3.05) is 40.4 Å². The average molecular weight is 359 g/mol. The molecule has 22 heavy (non-hydrogen) atoms. The molecule has 0 aliphatic carbocycles. The summed E-state index contributed by atoms with van der Waals surface area (Å²) in [4.78, 5) is 19.0. The Morgan fingerprint density at radius 3 is 2.00 bits per heavy atom. The minimum atomic E-state index is -10.7. The first-order valence-corrected chi connectivity index (χ1v) is 7.81. The Labute approximate surface area is 122 Å². The summed E-state index contributed by atoms with van der Waals surface area (Å²) in [5, 5.41) is 3.53. The van der Waals surface area contributed by atoms with Gasteiger partial charge in [-0.3, -0.25) is 4.79 Å². The molecule has 0 aromatic rings. The van der Waals surface area contributed by atoms with E-state index in [1.54, 1.807) is 0 Å². The number of oxime groups is 1. The van der Waals surface area contributed by atoms with Crippen LogP contribution in [-0.4, -0.2) is 62.7 Å². The monoisotopic (exact) mass is 359 g/mol. The molecule has 0 amide bonds. The van der Waals surface area contributed by atoms with E-state index in [1.165, 1.54) is 0 Å². The zero-order chi connectivity index (χ0) is 17.5. The van der Waals surface area contributed by atoms with Crippen molar-refractivity contribution >= 4 is 20.3 Å². The van der Waals surface area contributed by atoms with E-state index >= 15 is 0 Å². The van der Waals surface area contributed by atoms with Crippen LogP contribution < -0.4 is 0 Å². The Morgan fingerprint density at radius 1 is 1.18 bits per heavy atom. The van der Waals surface area contributed by atoms with Crippen molar-refractivity contribution in [3.63, 3.8) is 0 Å². The Balaban J connectivity index is 0.000000534. The molecule has 0 spiro atoms. The first-order chi connectivity index (χ1) is 9.70. The second-order valence-electron chi connectivity index (χ2n) is 4.22. The zero-order valence-corrected chi connectivity index (χ0v) is 12.7. The van der Waals surface area contributed by atoms with Gasteiger partial charge in [0.05, 0.1) is 26.3 Å². The fourth-order valence-electron chi connectivity index (χ4n) is 1.28. The Bertz CT molecular complexity index is 371. The number of aldehydes is 1. The van der Waals surface area contributed by atoms with Gasteiger partial charge in [0.25, 0.3) is 0 Å². The molecule has 0 aromatic carbocycles. The number of carbonyl (C=O) groups excluding carboxylic acids is 1. The molecule has 13 heteroatoms. The fourth-order valence-corrected chi connectivity index (χ4v) is 1.28. The van der Waals surface area contributed by atoms with Crippen LogP contribution in [0.5, 0.6) is 0 Å². The first-order valence-electron chi connectivity index (χ1n) is 5.78. The summed E-state index contributed by atoms with van der Waals surface area (Å²) in [5.41, 5.74) is 0. The van der Waals surface area contributed by atoms with E-state index < -0.39 is 7.81 Å². The molecular formula is C9H16F6N3O3P. The van der Waals surface area contributed by atoms with Gasteiger partial charge in [0.1, 0.15) is 6.21 Å². The van der Waals surface area contributed by atoms with Crippen LogP contribution >= 0.6 is 7.81 Å². The normalized spacial score (nSPS) is 19.9. The van der Waals surface area contributed by atoms with E-state index in [1.807, 2.05) is 23.9 Å². The number of carbonyl (C=O) groups is 1. The molecule has 0 unspecified atom stereocenters. The van der Waals surface area contributed by atoms with Crippen molar-refractivity contribution < 1.29 is 39.6 Å². The van der Waals surface area contributed by atoms with Gasteiger partial charge >= 0.3 is 39.3 Å². The van der Waals surface area contributed by atoms with Crippen molar-refractivity contribution in [2.24, 2.45) is 5.16 Å². The molecule has 132 valence electrons. The molecule has 1 heterocycles. The molecule has 1 aliphatic rings. The number of ether oxygens (including phenoxy) is 1. The number of rotatable bonds is 5. The SMILES string of the molecule is CN(C)[C+](ON=CC=O)N1CCOCC1.F[P-](F)(F)(F)(F)F. The van der Waals surface area contributed by atoms with Gasteiger partial charge in [-0.25, -0.2) is 0 Å². The summed E-state index contributed by atoms with van der Waals surface area (Å²) in [6, 6.07) is 0. The third-order valence-corrected chi connectivity index (χ3v) is 1.92. The van der Waals surface area contributed by atoms with E-state index in [0.717, 1.165) is 19.3 Å². The van der Waals surface area contributed by atoms with Crippen LogP contribution in [0.2, 0.25) is 0 Å². The quantitative estimate of drug-likeness (QED) is 0.189. The topological polar surface area (TPSA) is 54.4 Å². The van der Waals surface area contributed by atoms with Crippen molar-refractivity contribution in [1.29, 1.82) is 0 Å². The van der Waals surface area contributed by atoms with Crippen LogP contribution in [0.1, 0.15) is 0 Å². The average Bonchev–Trinajstić information content (AvgIpc) is 2.31. The third-order valence-electron chi connectivity index (χ3n) is 1.92. The Hall–Kier alpha value is -1.10. The van der Waals surface area contributed by atoms with Crippen LogP contribution in [0.25, 0.3) is 0 Å². The van der Waals surface area contributed by atoms with Gasteiger partial charge < -0.3 is 4.74 Å². The predicted molar refractivity (Wildman–Crippen MR) is 68.5 cm³/mol. The van der Waals surface area contributed by atoms with Gasteiger partial charge in [-0.15, -0.1) is 4.84 Å². The summed E-state index contributed by atoms with van der Waals surface area (Å²) < 4.78 is 64.4. The molecule has 1 saturated heterocycles. The van der Waals surface area contributed by atoms with Crippen LogP contribution in [0.4, 0.5) is 25.2 Å². The zero-order valence-electron chi connectivity index (χ0n) is 11.8. The van der Waals surface area contributed by atoms with E-state index in [-0.39, 0.29) is 0 Å². The molecular weight excluding hydrogens is 343 g/mol. The molecule has 6 nitrogen and oxygen atoms in total. The fraction of sp³-hybridized carbons (Fsp3) is 0.667. The van der Waals surface area contributed by atoms with E-state index in [2.05, 4.69) is 5.16 Å². The van der Waals surface area contributed by atoms with E-state index in [0.29, 0.717) is 25.9 Å². The summed E-state index contributed by atoms with van der Waals surface area (Å²) in [5.74, 6) is 0. The maximum atomic E-state index is 10.0. The van der Waals surface area contributed by atoms with Crippen LogP contribution in [0.15, 0.2) is 5.16 Å². The second-order valence-corrected chi connectivity index (χ2v) is 6.13. The molecule has 0 radical (unpaired) electrons. The minimum absolute atomic E-state index is 0.576. The van der Waals surface area contributed by atoms with Gasteiger partial charge in [-0.2, -0.15) is 0 Å². The molecule has 0 bridgehead atoms. The first kappa shape index (κ1) is 20.9. The predicted octanol–water partition coefficient (Wildman–Crippen LogP) is 2.91. The van der Waals surface area contributed by atoms with Crippen molar-refractivity contribution in [2.45, 2.75) is 0 Å². The molecule has 1 aliphatic heterocycles. The molecule has 0 atom stereocenters.